The van der Waals surface area contributed by atoms with Gasteiger partial charge in [0.25, 0.3) is 11.6 Å². The number of nitrogens with zero attached hydrogens (tertiary/aromatic N) is 1. The Bertz CT molecular complexity index is 610. The lowest BCUT2D eigenvalue weighted by Crippen LogP contribution is -2.58. The van der Waals surface area contributed by atoms with Crippen LogP contribution in [0.3, 0.4) is 0 Å². The van der Waals surface area contributed by atoms with Gasteiger partial charge in [0.1, 0.15) is 12.5 Å². The highest BCUT2D eigenvalue weighted by atomic mass is 19.2. The number of non-ortho nitro benzene ring substituents is 1. The van der Waals surface area contributed by atoms with Crippen molar-refractivity contribution in [2.75, 3.05) is 6.67 Å². The van der Waals surface area contributed by atoms with Gasteiger partial charge in [0.05, 0.1) is 10.5 Å². The molecule has 1 fully saturated rings. The van der Waals surface area contributed by atoms with Crippen LogP contribution >= 0.6 is 0 Å². The number of nitro benzene ring substituents is 1. The quantitative estimate of drug-likeness (QED) is 0.689. The molecule has 114 valence electrons. The van der Waals surface area contributed by atoms with E-state index in [0.717, 1.165) is 18.2 Å². The molecule has 0 aromatic heterocycles. The van der Waals surface area contributed by atoms with Gasteiger partial charge in [0.2, 0.25) is 5.67 Å². The summed E-state index contributed by atoms with van der Waals surface area (Å²) in [6.07, 6.45) is -0.495. The van der Waals surface area contributed by atoms with Gasteiger partial charge in [0.15, 0.2) is 0 Å². The first kappa shape index (κ1) is 15.3. The minimum absolute atomic E-state index is 0.0722. The Morgan fingerprint density at radius 2 is 2.10 bits per heavy atom. The van der Waals surface area contributed by atoms with Crippen LogP contribution in [0.15, 0.2) is 18.2 Å². The van der Waals surface area contributed by atoms with Gasteiger partial charge in [-0.2, -0.15) is 0 Å². The molecule has 0 saturated carbocycles. The second-order valence-corrected chi connectivity index (χ2v) is 5.31. The highest BCUT2D eigenvalue weighted by molar-refractivity contribution is 5.87. The largest absolute Gasteiger partial charge is 0.344 e. The van der Waals surface area contributed by atoms with Crippen molar-refractivity contribution in [3.63, 3.8) is 0 Å². The summed E-state index contributed by atoms with van der Waals surface area (Å²) in [5.41, 5.74) is -4.41. The van der Waals surface area contributed by atoms with Crippen molar-refractivity contribution in [1.29, 1.82) is 0 Å². The van der Waals surface area contributed by atoms with E-state index in [1.54, 1.807) is 0 Å². The zero-order valence-electron chi connectivity index (χ0n) is 11.2. The maximum Gasteiger partial charge on any atom is 0.269 e. The smallest absolute Gasteiger partial charge is 0.269 e. The van der Waals surface area contributed by atoms with Crippen LogP contribution in [0.5, 0.6) is 0 Å². The lowest BCUT2D eigenvalue weighted by atomic mass is 9.79. The number of halogens is 3. The molecule has 2 unspecified atom stereocenters. The van der Waals surface area contributed by atoms with E-state index in [1.807, 2.05) is 0 Å². The fourth-order valence-electron chi connectivity index (χ4n) is 2.37. The number of rotatable bonds is 3. The molecule has 1 aliphatic heterocycles. The van der Waals surface area contributed by atoms with E-state index in [1.165, 1.54) is 6.92 Å². The molecular formula is C13H13F3N2O3. The average molecular weight is 302 g/mol. The Balaban J connectivity index is 2.40. The van der Waals surface area contributed by atoms with E-state index in [-0.39, 0.29) is 17.7 Å². The predicted octanol–water partition coefficient (Wildman–Crippen LogP) is 2.54. The van der Waals surface area contributed by atoms with E-state index in [9.17, 15) is 28.1 Å². The number of nitrogens with one attached hydrogen (secondary N) is 1. The molecule has 1 amide bonds. The number of hydrogen-bond acceptors (Lipinski definition) is 3. The summed E-state index contributed by atoms with van der Waals surface area (Å²) >= 11 is 0. The Labute approximate surface area is 118 Å². The van der Waals surface area contributed by atoms with Gasteiger partial charge >= 0.3 is 0 Å². The van der Waals surface area contributed by atoms with Crippen LogP contribution in [0.2, 0.25) is 0 Å². The van der Waals surface area contributed by atoms with Gasteiger partial charge in [0, 0.05) is 17.7 Å². The second kappa shape index (κ2) is 5.01. The van der Waals surface area contributed by atoms with Crippen molar-refractivity contribution < 1.29 is 22.9 Å². The molecule has 0 aliphatic carbocycles. The van der Waals surface area contributed by atoms with Crippen molar-refractivity contribution in [2.45, 2.75) is 31.0 Å². The number of piperidine rings is 1. The summed E-state index contributed by atoms with van der Waals surface area (Å²) in [5, 5.41) is 13.0. The minimum atomic E-state index is -2.63. The zero-order chi connectivity index (χ0) is 15.8. The third-order valence-corrected chi connectivity index (χ3v) is 3.78. The van der Waals surface area contributed by atoms with Gasteiger partial charge < -0.3 is 5.32 Å². The molecule has 1 aliphatic rings. The average Bonchev–Trinajstić information content (AvgIpc) is 2.43. The fourth-order valence-corrected chi connectivity index (χ4v) is 2.37. The summed E-state index contributed by atoms with van der Waals surface area (Å²) in [6, 6.07) is 2.90. The molecule has 5 nitrogen and oxygen atoms in total. The first-order valence-corrected chi connectivity index (χ1v) is 6.24. The maximum absolute atomic E-state index is 13.9. The Hall–Kier alpha value is -2.12. The highest BCUT2D eigenvalue weighted by Crippen LogP contribution is 2.38. The van der Waals surface area contributed by atoms with Crippen molar-refractivity contribution in [3.05, 3.63) is 39.7 Å². The first-order chi connectivity index (χ1) is 9.72. The summed E-state index contributed by atoms with van der Waals surface area (Å²) < 4.78 is 40.4. The van der Waals surface area contributed by atoms with Crippen LogP contribution in [-0.2, 0) is 10.3 Å². The summed E-state index contributed by atoms with van der Waals surface area (Å²) in [6.45, 7) is -0.0445. The van der Waals surface area contributed by atoms with E-state index >= 15 is 0 Å². The number of amides is 1. The number of carbonyl (C=O) groups is 1. The number of carbonyl (C=O) groups excluding carboxylic acids is 1. The Morgan fingerprint density at radius 3 is 2.62 bits per heavy atom. The van der Waals surface area contributed by atoms with Crippen LogP contribution in [0, 0.1) is 15.9 Å². The van der Waals surface area contributed by atoms with Crippen LogP contribution < -0.4 is 5.32 Å². The van der Waals surface area contributed by atoms with E-state index in [0.29, 0.717) is 0 Å². The van der Waals surface area contributed by atoms with Crippen molar-refractivity contribution in [1.82, 2.24) is 5.32 Å². The molecule has 0 bridgehead atoms. The molecule has 1 heterocycles. The molecule has 1 aromatic carbocycles. The summed E-state index contributed by atoms with van der Waals surface area (Å²) in [5.74, 6) is -1.93. The first-order valence-electron chi connectivity index (χ1n) is 6.24. The minimum Gasteiger partial charge on any atom is -0.344 e. The molecule has 2 atom stereocenters. The second-order valence-electron chi connectivity index (χ2n) is 5.31. The van der Waals surface area contributed by atoms with Crippen molar-refractivity contribution in [3.8, 4) is 0 Å². The lowest BCUT2D eigenvalue weighted by molar-refractivity contribution is -0.385. The molecule has 0 radical (unpaired) electrons. The third-order valence-electron chi connectivity index (χ3n) is 3.78. The highest BCUT2D eigenvalue weighted by Gasteiger charge is 2.49. The summed E-state index contributed by atoms with van der Waals surface area (Å²) in [7, 11) is 0. The van der Waals surface area contributed by atoms with Crippen LogP contribution in [0.1, 0.15) is 25.3 Å². The van der Waals surface area contributed by atoms with Crippen LogP contribution in [0.4, 0.5) is 18.9 Å². The van der Waals surface area contributed by atoms with E-state index in [2.05, 4.69) is 5.32 Å². The lowest BCUT2D eigenvalue weighted by Gasteiger charge is -2.40. The number of benzene rings is 1. The summed E-state index contributed by atoms with van der Waals surface area (Å²) in [4.78, 5) is 21.7. The standard InChI is InChI=1S/C13H13F3N2O3/c1-12(4-5-13(16,7-14)11(19)17-12)9-6-8(18(20)21)2-3-10(9)15/h2-3,6H,4-5,7H2,1H3,(H,17,19). The van der Waals surface area contributed by atoms with Gasteiger partial charge in [-0.15, -0.1) is 0 Å². The van der Waals surface area contributed by atoms with Gasteiger partial charge in [-0.05, 0) is 25.8 Å². The fraction of sp³-hybridized carbons (Fsp3) is 0.462. The van der Waals surface area contributed by atoms with Crippen LogP contribution in [-0.4, -0.2) is 23.2 Å². The Morgan fingerprint density at radius 1 is 1.43 bits per heavy atom. The molecular weight excluding hydrogens is 289 g/mol. The van der Waals surface area contributed by atoms with Gasteiger partial charge in [-0.1, -0.05) is 0 Å². The predicted molar refractivity (Wildman–Crippen MR) is 67.6 cm³/mol. The normalized spacial score (nSPS) is 29.0. The molecule has 1 aromatic rings. The molecule has 2 rings (SSSR count). The zero-order valence-corrected chi connectivity index (χ0v) is 11.2. The van der Waals surface area contributed by atoms with E-state index in [4.69, 9.17) is 0 Å². The van der Waals surface area contributed by atoms with Crippen molar-refractivity contribution in [2.24, 2.45) is 0 Å². The van der Waals surface area contributed by atoms with Gasteiger partial charge in [-0.25, -0.2) is 13.2 Å². The molecule has 21 heavy (non-hydrogen) atoms. The monoisotopic (exact) mass is 302 g/mol. The number of alkyl halides is 2. The maximum atomic E-state index is 13.9. The topological polar surface area (TPSA) is 72.2 Å². The number of hydrogen-bond donors (Lipinski definition) is 1. The third kappa shape index (κ3) is 2.57. The Kier molecular flexibility index (Phi) is 3.65. The molecule has 8 heteroatoms. The van der Waals surface area contributed by atoms with Crippen LogP contribution in [0.25, 0.3) is 0 Å². The number of nitro groups is 1. The van der Waals surface area contributed by atoms with E-state index < -0.39 is 41.0 Å². The molecule has 1 saturated heterocycles. The van der Waals surface area contributed by atoms with Gasteiger partial charge in [-0.3, -0.25) is 14.9 Å². The molecule has 0 spiro atoms. The molecule has 1 N–H and O–H groups in total. The van der Waals surface area contributed by atoms with Crippen molar-refractivity contribution >= 4 is 11.6 Å². The SMILES string of the molecule is CC1(c2cc([N+](=O)[O-])ccc2F)CCC(F)(CF)C(=O)N1.